The highest BCUT2D eigenvalue weighted by Gasteiger charge is 2.51. The van der Waals surface area contributed by atoms with Crippen LogP contribution in [0.4, 0.5) is 0 Å². The topological polar surface area (TPSA) is 52.7 Å². The molecule has 1 aromatic heterocycles. The average Bonchev–Trinajstić information content (AvgIpc) is 2.89. The number of para-hydroxylation sites is 1. The Labute approximate surface area is 129 Å². The molecule has 5 nitrogen and oxygen atoms in total. The molecule has 5 heteroatoms. The van der Waals surface area contributed by atoms with Gasteiger partial charge in [-0.3, -0.25) is 0 Å². The maximum Gasteiger partial charge on any atom is 0.368 e. The molecule has 0 spiro atoms. The number of tetrazole rings is 1. The van der Waals surface area contributed by atoms with E-state index in [-0.39, 0.29) is 5.69 Å². The van der Waals surface area contributed by atoms with Crippen molar-refractivity contribution in [1.29, 1.82) is 0 Å². The van der Waals surface area contributed by atoms with Gasteiger partial charge in [-0.1, -0.05) is 38.1 Å². The zero-order chi connectivity index (χ0) is 15.3. The highest BCUT2D eigenvalue weighted by molar-refractivity contribution is 5.29. The monoisotopic (exact) mass is 296 g/mol. The second-order valence-electron chi connectivity index (χ2n) is 6.99. The Morgan fingerprint density at radius 3 is 2.68 bits per heavy atom. The van der Waals surface area contributed by atoms with Gasteiger partial charge in [0.25, 0.3) is 0 Å². The fourth-order valence-electron chi connectivity index (χ4n) is 3.93. The van der Waals surface area contributed by atoms with Gasteiger partial charge in [0.1, 0.15) is 0 Å². The Kier molecular flexibility index (Phi) is 2.86. The summed E-state index contributed by atoms with van der Waals surface area (Å²) >= 11 is 0. The second kappa shape index (κ2) is 4.66. The Bertz CT molecular complexity index is 784. The number of benzene rings is 1. The maximum atomic E-state index is 12.5. The molecule has 2 aromatic rings. The van der Waals surface area contributed by atoms with E-state index in [1.54, 1.807) is 0 Å². The van der Waals surface area contributed by atoms with Crippen LogP contribution in [0.5, 0.6) is 0 Å². The zero-order valence-electron chi connectivity index (χ0n) is 12.9. The van der Waals surface area contributed by atoms with Gasteiger partial charge in [0.2, 0.25) is 0 Å². The van der Waals surface area contributed by atoms with Crippen LogP contribution >= 0.6 is 0 Å². The molecule has 0 aliphatic heterocycles. The summed E-state index contributed by atoms with van der Waals surface area (Å²) in [5, 5.41) is 8.08. The van der Waals surface area contributed by atoms with Crippen LogP contribution in [0.25, 0.3) is 5.69 Å². The predicted octanol–water partition coefficient (Wildman–Crippen LogP) is 2.42. The number of fused-ring (bicyclic) bond motifs is 1. The van der Waals surface area contributed by atoms with Gasteiger partial charge in [-0.25, -0.2) is 4.79 Å². The number of aromatic nitrogens is 4. The molecule has 1 heterocycles. The van der Waals surface area contributed by atoms with E-state index in [0.717, 1.165) is 18.0 Å². The van der Waals surface area contributed by atoms with Crippen molar-refractivity contribution in [3.8, 4) is 5.69 Å². The predicted molar refractivity (Wildman–Crippen MR) is 83.7 cm³/mol. The summed E-state index contributed by atoms with van der Waals surface area (Å²) in [6, 6.07) is 9.42. The first-order chi connectivity index (χ1) is 10.6. The van der Waals surface area contributed by atoms with Crippen LogP contribution in [0.1, 0.15) is 26.7 Å². The van der Waals surface area contributed by atoms with Gasteiger partial charge < -0.3 is 0 Å². The summed E-state index contributed by atoms with van der Waals surface area (Å²) in [6.45, 7) is 5.23. The first-order valence-electron chi connectivity index (χ1n) is 7.84. The van der Waals surface area contributed by atoms with E-state index in [2.05, 4.69) is 30.4 Å². The van der Waals surface area contributed by atoms with E-state index in [1.807, 2.05) is 30.3 Å². The molecule has 0 N–H and O–H groups in total. The standard InChI is InChI=1S/C17H20N4O/c1-17(2)13-9-8-12(15(17)10-13)11-20-16(22)21(19-18-20)14-6-4-3-5-7-14/h3-8,13,15H,9-11H2,1-2H3/t13-,15-/m0/s1. The summed E-state index contributed by atoms with van der Waals surface area (Å²) < 4.78 is 2.84. The molecule has 2 bridgehead atoms. The van der Waals surface area contributed by atoms with Gasteiger partial charge in [0, 0.05) is 0 Å². The Hall–Kier alpha value is -2.17. The van der Waals surface area contributed by atoms with Crippen molar-refractivity contribution in [1.82, 2.24) is 19.8 Å². The Morgan fingerprint density at radius 1 is 1.23 bits per heavy atom. The van der Waals surface area contributed by atoms with E-state index >= 15 is 0 Å². The van der Waals surface area contributed by atoms with Crippen LogP contribution in [-0.2, 0) is 6.54 Å². The molecule has 1 saturated carbocycles. The van der Waals surface area contributed by atoms with Gasteiger partial charge in [0.15, 0.2) is 0 Å². The van der Waals surface area contributed by atoms with Gasteiger partial charge in [0.05, 0.1) is 12.2 Å². The summed E-state index contributed by atoms with van der Waals surface area (Å²) in [4.78, 5) is 12.5. The van der Waals surface area contributed by atoms with Gasteiger partial charge in [-0.2, -0.15) is 9.36 Å². The van der Waals surface area contributed by atoms with Gasteiger partial charge in [-0.15, -0.1) is 0 Å². The molecule has 0 amide bonds. The van der Waals surface area contributed by atoms with E-state index in [4.69, 9.17) is 0 Å². The molecule has 114 valence electrons. The number of hydrogen-bond acceptors (Lipinski definition) is 3. The average molecular weight is 296 g/mol. The quantitative estimate of drug-likeness (QED) is 0.817. The van der Waals surface area contributed by atoms with E-state index in [9.17, 15) is 4.79 Å². The van der Waals surface area contributed by atoms with Crippen molar-refractivity contribution in [3.05, 3.63) is 52.5 Å². The lowest BCUT2D eigenvalue weighted by Gasteiger charge is -2.56. The second-order valence-corrected chi connectivity index (χ2v) is 6.99. The minimum Gasteiger partial charge on any atom is -0.244 e. The molecule has 2 atom stereocenters. The van der Waals surface area contributed by atoms with Crippen LogP contribution in [0.3, 0.4) is 0 Å². The van der Waals surface area contributed by atoms with Crippen molar-refractivity contribution in [2.75, 3.05) is 0 Å². The van der Waals surface area contributed by atoms with Crippen LogP contribution in [0.2, 0.25) is 0 Å². The molecule has 0 saturated heterocycles. The lowest BCUT2D eigenvalue weighted by molar-refractivity contribution is -0.00935. The molecule has 0 radical (unpaired) electrons. The van der Waals surface area contributed by atoms with Gasteiger partial charge >= 0.3 is 5.69 Å². The zero-order valence-corrected chi connectivity index (χ0v) is 12.9. The maximum absolute atomic E-state index is 12.5. The van der Waals surface area contributed by atoms with E-state index in [1.165, 1.54) is 21.4 Å². The molecule has 3 aliphatic carbocycles. The fraction of sp³-hybridized carbons (Fsp3) is 0.471. The van der Waals surface area contributed by atoms with E-state index < -0.39 is 0 Å². The van der Waals surface area contributed by atoms with Crippen LogP contribution in [-0.4, -0.2) is 19.8 Å². The van der Waals surface area contributed by atoms with Crippen molar-refractivity contribution in [2.24, 2.45) is 17.3 Å². The van der Waals surface area contributed by atoms with Crippen LogP contribution < -0.4 is 5.69 Å². The molecule has 22 heavy (non-hydrogen) atoms. The summed E-state index contributed by atoms with van der Waals surface area (Å²) in [5.41, 5.74) is 2.28. The number of allylic oxidation sites excluding steroid dienone is 2. The van der Waals surface area contributed by atoms with Crippen molar-refractivity contribution >= 4 is 0 Å². The largest absolute Gasteiger partial charge is 0.368 e. The third kappa shape index (κ3) is 1.88. The van der Waals surface area contributed by atoms with Crippen LogP contribution in [0, 0.1) is 17.3 Å². The minimum atomic E-state index is -0.175. The van der Waals surface area contributed by atoms with Crippen molar-refractivity contribution in [3.63, 3.8) is 0 Å². The summed E-state index contributed by atoms with van der Waals surface area (Å²) in [7, 11) is 0. The molecule has 0 unspecified atom stereocenters. The SMILES string of the molecule is CC1(C)[C@H]2CC=C(Cn3nnn(-c4ccccc4)c3=O)[C@@H]1C2. The Balaban J connectivity index is 1.62. The highest BCUT2D eigenvalue weighted by atomic mass is 16.2. The smallest absolute Gasteiger partial charge is 0.244 e. The molecule has 1 fully saturated rings. The minimum absolute atomic E-state index is 0.175. The normalized spacial score (nSPS) is 25.5. The summed E-state index contributed by atoms with van der Waals surface area (Å²) in [5.74, 6) is 1.39. The highest BCUT2D eigenvalue weighted by Crippen LogP contribution is 2.59. The lowest BCUT2D eigenvalue weighted by Crippen LogP contribution is -2.49. The van der Waals surface area contributed by atoms with Crippen molar-refractivity contribution < 1.29 is 0 Å². The molecular weight excluding hydrogens is 276 g/mol. The first-order valence-corrected chi connectivity index (χ1v) is 7.84. The molecule has 3 aliphatic rings. The fourth-order valence-corrected chi connectivity index (χ4v) is 3.93. The van der Waals surface area contributed by atoms with Crippen LogP contribution in [0.15, 0.2) is 46.8 Å². The molecule has 5 rings (SSSR count). The van der Waals surface area contributed by atoms with Gasteiger partial charge in [-0.05, 0) is 58.2 Å². The molecular formula is C17H20N4O. The number of rotatable bonds is 3. The van der Waals surface area contributed by atoms with E-state index in [0.29, 0.717) is 17.9 Å². The third-order valence-corrected chi connectivity index (χ3v) is 5.56. The molecule has 1 aromatic carbocycles. The van der Waals surface area contributed by atoms with Crippen molar-refractivity contribution in [2.45, 2.75) is 33.2 Å². The Morgan fingerprint density at radius 2 is 2.00 bits per heavy atom. The summed E-state index contributed by atoms with van der Waals surface area (Å²) in [6.07, 6.45) is 4.68. The first kappa shape index (κ1) is 13.5. The number of hydrogen-bond donors (Lipinski definition) is 0. The number of nitrogens with zero attached hydrogens (tertiary/aromatic N) is 4. The third-order valence-electron chi connectivity index (χ3n) is 5.56. The lowest BCUT2D eigenvalue weighted by atomic mass is 9.49.